The van der Waals surface area contributed by atoms with E-state index in [1.54, 1.807) is 26.0 Å². The average Bonchev–Trinajstić information content (AvgIpc) is 2.46. The molecule has 1 unspecified atom stereocenters. The number of likely N-dealkylation sites (tertiary alicyclic amines) is 1. The molecule has 7 nitrogen and oxygen atoms in total. The summed E-state index contributed by atoms with van der Waals surface area (Å²) >= 11 is 0. The molecule has 2 amide bonds. The van der Waals surface area contributed by atoms with Crippen LogP contribution in [0.4, 0.5) is 0 Å². The molecule has 1 aliphatic rings. The lowest BCUT2D eigenvalue weighted by Crippen LogP contribution is -2.53. The topological polar surface area (TPSA) is 85.8 Å². The van der Waals surface area contributed by atoms with E-state index < -0.39 is 5.41 Å². The first-order chi connectivity index (χ1) is 9.80. The zero-order chi connectivity index (χ0) is 16.0. The molecule has 1 aliphatic heterocycles. The first-order valence-electron chi connectivity index (χ1n) is 7.23. The van der Waals surface area contributed by atoms with Crippen LogP contribution in [0.2, 0.25) is 0 Å². The number of amides is 2. The Morgan fingerprint density at radius 1 is 1.45 bits per heavy atom. The molecule has 0 aliphatic carbocycles. The summed E-state index contributed by atoms with van der Waals surface area (Å²) in [4.78, 5) is 29.1. The number of rotatable bonds is 4. The SMILES string of the molecule is CN=C(NCC(C)(C)C(=O)NC)NC1CCC(=O)N(C)C1.I. The number of carbonyl (C=O) groups is 2. The molecule has 0 saturated carbocycles. The van der Waals surface area contributed by atoms with E-state index in [0.29, 0.717) is 25.5 Å². The minimum absolute atomic E-state index is 0. The highest BCUT2D eigenvalue weighted by Gasteiger charge is 2.28. The van der Waals surface area contributed by atoms with Gasteiger partial charge in [0.15, 0.2) is 5.96 Å². The Hall–Kier alpha value is -1.06. The molecule has 0 radical (unpaired) electrons. The van der Waals surface area contributed by atoms with Crippen molar-refractivity contribution in [2.75, 3.05) is 34.2 Å². The van der Waals surface area contributed by atoms with Gasteiger partial charge in [-0.3, -0.25) is 14.6 Å². The normalized spacial score (nSPS) is 19.3. The number of nitrogens with zero attached hydrogens (tertiary/aromatic N) is 2. The maximum atomic E-state index is 11.7. The van der Waals surface area contributed by atoms with Crippen molar-refractivity contribution in [1.29, 1.82) is 0 Å². The fourth-order valence-corrected chi connectivity index (χ4v) is 2.24. The predicted octanol–water partition coefficient (Wildman–Crippen LogP) is 0.162. The Kier molecular flexibility index (Phi) is 8.72. The summed E-state index contributed by atoms with van der Waals surface area (Å²) < 4.78 is 0. The van der Waals surface area contributed by atoms with E-state index in [4.69, 9.17) is 0 Å². The molecule has 1 atom stereocenters. The van der Waals surface area contributed by atoms with Gasteiger partial charge in [-0.1, -0.05) is 0 Å². The molecular weight excluding hydrogens is 397 g/mol. The summed E-state index contributed by atoms with van der Waals surface area (Å²) in [6.07, 6.45) is 1.34. The number of hydrogen-bond acceptors (Lipinski definition) is 3. The second-order valence-corrected chi connectivity index (χ2v) is 6.04. The molecule has 0 aromatic heterocycles. The molecule has 0 spiro atoms. The summed E-state index contributed by atoms with van der Waals surface area (Å²) in [5.41, 5.74) is -0.522. The van der Waals surface area contributed by atoms with E-state index in [9.17, 15) is 9.59 Å². The highest BCUT2D eigenvalue weighted by atomic mass is 127. The van der Waals surface area contributed by atoms with Gasteiger partial charge in [0.2, 0.25) is 11.8 Å². The van der Waals surface area contributed by atoms with Gasteiger partial charge in [-0.2, -0.15) is 0 Å². The van der Waals surface area contributed by atoms with E-state index in [1.807, 2.05) is 13.8 Å². The monoisotopic (exact) mass is 425 g/mol. The number of nitrogens with one attached hydrogen (secondary N) is 3. The number of likely N-dealkylation sites (N-methyl/N-ethyl adjacent to an activating group) is 1. The zero-order valence-corrected chi connectivity index (χ0v) is 16.4. The highest BCUT2D eigenvalue weighted by Crippen LogP contribution is 2.13. The Bertz CT molecular complexity index is 425. The number of aliphatic imine (C=N–C) groups is 1. The van der Waals surface area contributed by atoms with Gasteiger partial charge in [0, 0.05) is 46.7 Å². The van der Waals surface area contributed by atoms with Crippen LogP contribution in [0.25, 0.3) is 0 Å². The quantitative estimate of drug-likeness (QED) is 0.341. The molecule has 22 heavy (non-hydrogen) atoms. The third-order valence-electron chi connectivity index (χ3n) is 3.73. The molecule has 0 aromatic carbocycles. The fourth-order valence-electron chi connectivity index (χ4n) is 2.24. The Morgan fingerprint density at radius 3 is 2.59 bits per heavy atom. The number of halogens is 1. The molecule has 3 N–H and O–H groups in total. The van der Waals surface area contributed by atoms with E-state index >= 15 is 0 Å². The maximum Gasteiger partial charge on any atom is 0.227 e. The first kappa shape index (κ1) is 20.9. The highest BCUT2D eigenvalue weighted by molar-refractivity contribution is 14.0. The Balaban J connectivity index is 0.00000441. The number of carbonyl (C=O) groups excluding carboxylic acids is 2. The molecule has 1 heterocycles. The van der Waals surface area contributed by atoms with Gasteiger partial charge >= 0.3 is 0 Å². The van der Waals surface area contributed by atoms with Gasteiger partial charge in [-0.05, 0) is 20.3 Å². The van der Waals surface area contributed by atoms with Crippen molar-refractivity contribution >= 4 is 41.8 Å². The van der Waals surface area contributed by atoms with Crippen molar-refractivity contribution in [2.24, 2.45) is 10.4 Å². The summed E-state index contributed by atoms with van der Waals surface area (Å²) in [7, 11) is 5.13. The van der Waals surface area contributed by atoms with Crippen LogP contribution < -0.4 is 16.0 Å². The van der Waals surface area contributed by atoms with E-state index in [2.05, 4.69) is 20.9 Å². The lowest BCUT2D eigenvalue weighted by molar-refractivity contribution is -0.132. The van der Waals surface area contributed by atoms with Crippen molar-refractivity contribution in [3.8, 4) is 0 Å². The minimum atomic E-state index is -0.522. The maximum absolute atomic E-state index is 11.7. The van der Waals surface area contributed by atoms with Crippen LogP contribution in [0.5, 0.6) is 0 Å². The summed E-state index contributed by atoms with van der Waals surface area (Å²) in [5, 5.41) is 9.13. The summed E-state index contributed by atoms with van der Waals surface area (Å²) in [6.45, 7) is 4.89. The first-order valence-corrected chi connectivity index (χ1v) is 7.23. The number of guanidine groups is 1. The Labute approximate surface area is 149 Å². The van der Waals surface area contributed by atoms with E-state index in [-0.39, 0.29) is 41.8 Å². The Morgan fingerprint density at radius 2 is 2.09 bits per heavy atom. The molecule has 1 saturated heterocycles. The van der Waals surface area contributed by atoms with Gasteiger partial charge < -0.3 is 20.9 Å². The smallest absolute Gasteiger partial charge is 0.227 e. The standard InChI is InChI=1S/C14H27N5O2.HI/c1-14(2,12(21)15-3)9-17-13(16-4)18-10-6-7-11(20)19(5)8-10;/h10H,6-9H2,1-5H3,(H,15,21)(H2,16,17,18);1H. The largest absolute Gasteiger partial charge is 0.359 e. The average molecular weight is 425 g/mol. The van der Waals surface area contributed by atoms with Crippen LogP contribution in [0.15, 0.2) is 4.99 Å². The molecular formula is C14H28IN5O2. The van der Waals surface area contributed by atoms with E-state index in [0.717, 1.165) is 6.42 Å². The van der Waals surface area contributed by atoms with Crippen molar-refractivity contribution in [3.63, 3.8) is 0 Å². The zero-order valence-electron chi connectivity index (χ0n) is 14.0. The van der Waals surface area contributed by atoms with Crippen molar-refractivity contribution in [2.45, 2.75) is 32.7 Å². The third kappa shape index (κ3) is 5.98. The van der Waals surface area contributed by atoms with Crippen LogP contribution in [0.3, 0.4) is 0 Å². The predicted molar refractivity (Wildman–Crippen MR) is 98.4 cm³/mol. The van der Waals surface area contributed by atoms with Crippen molar-refractivity contribution in [3.05, 3.63) is 0 Å². The van der Waals surface area contributed by atoms with Gasteiger partial charge in [0.05, 0.1) is 5.41 Å². The van der Waals surface area contributed by atoms with Crippen LogP contribution in [0, 0.1) is 5.41 Å². The lowest BCUT2D eigenvalue weighted by atomic mass is 9.92. The van der Waals surface area contributed by atoms with Crippen molar-refractivity contribution < 1.29 is 9.59 Å². The molecule has 1 rings (SSSR count). The van der Waals surface area contributed by atoms with Gasteiger partial charge in [0.25, 0.3) is 0 Å². The summed E-state index contributed by atoms with van der Waals surface area (Å²) in [6, 6.07) is 0.182. The molecule has 1 fully saturated rings. The lowest BCUT2D eigenvalue weighted by Gasteiger charge is -2.32. The van der Waals surface area contributed by atoms with E-state index in [1.165, 1.54) is 0 Å². The van der Waals surface area contributed by atoms with Gasteiger partial charge in [-0.25, -0.2) is 0 Å². The van der Waals surface area contributed by atoms with Crippen LogP contribution in [-0.4, -0.2) is 62.9 Å². The number of hydrogen-bond donors (Lipinski definition) is 3. The number of piperidine rings is 1. The molecule has 0 bridgehead atoms. The van der Waals surface area contributed by atoms with Crippen molar-refractivity contribution in [1.82, 2.24) is 20.9 Å². The molecule has 8 heteroatoms. The van der Waals surface area contributed by atoms with Gasteiger partial charge in [0.1, 0.15) is 0 Å². The molecule has 128 valence electrons. The van der Waals surface area contributed by atoms with Gasteiger partial charge in [-0.15, -0.1) is 24.0 Å². The second-order valence-electron chi connectivity index (χ2n) is 6.04. The third-order valence-corrected chi connectivity index (χ3v) is 3.73. The summed E-state index contributed by atoms with van der Waals surface area (Å²) in [5.74, 6) is 0.810. The van der Waals surface area contributed by atoms with Crippen LogP contribution >= 0.6 is 24.0 Å². The molecule has 0 aromatic rings. The van der Waals surface area contributed by atoms with Crippen LogP contribution in [-0.2, 0) is 9.59 Å². The second kappa shape index (κ2) is 9.16. The minimum Gasteiger partial charge on any atom is -0.359 e. The fraction of sp³-hybridized carbons (Fsp3) is 0.786. The van der Waals surface area contributed by atoms with Crippen LogP contribution in [0.1, 0.15) is 26.7 Å².